The quantitative estimate of drug-likeness (QED) is 0.413. The average Bonchev–Trinajstić information content (AvgIpc) is 3.13. The van der Waals surface area contributed by atoms with Gasteiger partial charge in [0.25, 0.3) is 0 Å². The fourth-order valence-electron chi connectivity index (χ4n) is 2.30. The lowest BCUT2D eigenvalue weighted by Crippen LogP contribution is -1.95. The summed E-state index contributed by atoms with van der Waals surface area (Å²) < 4.78 is 16.4. The Balaban J connectivity index is 1.61. The molecule has 3 aromatic rings. The molecule has 0 bridgehead atoms. The number of ketones is 1. The van der Waals surface area contributed by atoms with Crippen molar-refractivity contribution in [1.82, 2.24) is 0 Å². The second-order valence-corrected chi connectivity index (χ2v) is 5.86. The second kappa shape index (κ2) is 8.41. The van der Waals surface area contributed by atoms with Gasteiger partial charge in [-0.3, -0.25) is 4.79 Å². The smallest absolute Gasteiger partial charge is 0.186 e. The number of benzene rings is 2. The van der Waals surface area contributed by atoms with E-state index in [0.717, 1.165) is 0 Å². The number of carbonyl (C=O) groups is 1. The van der Waals surface area contributed by atoms with Crippen molar-refractivity contribution in [3.8, 4) is 11.5 Å². The van der Waals surface area contributed by atoms with Gasteiger partial charge in [0.2, 0.25) is 0 Å². The van der Waals surface area contributed by atoms with Gasteiger partial charge >= 0.3 is 0 Å². The molecule has 26 heavy (non-hydrogen) atoms. The number of furan rings is 1. The average molecular weight is 369 g/mol. The van der Waals surface area contributed by atoms with Crippen LogP contribution in [0, 0.1) is 0 Å². The zero-order valence-electron chi connectivity index (χ0n) is 14.1. The van der Waals surface area contributed by atoms with Crippen molar-refractivity contribution in [3.63, 3.8) is 0 Å². The summed E-state index contributed by atoms with van der Waals surface area (Å²) in [6, 6.07) is 17.8. The van der Waals surface area contributed by atoms with E-state index in [-0.39, 0.29) is 12.4 Å². The third kappa shape index (κ3) is 4.55. The normalized spacial score (nSPS) is 10.8. The van der Waals surface area contributed by atoms with Gasteiger partial charge in [-0.05, 0) is 48.6 Å². The Morgan fingerprint density at radius 2 is 1.96 bits per heavy atom. The maximum atomic E-state index is 12.2. The number of hydrogen-bond acceptors (Lipinski definition) is 4. The second-order valence-electron chi connectivity index (χ2n) is 5.45. The molecule has 0 atom stereocenters. The van der Waals surface area contributed by atoms with Crippen molar-refractivity contribution < 1.29 is 18.7 Å². The highest BCUT2D eigenvalue weighted by Crippen LogP contribution is 2.24. The van der Waals surface area contributed by atoms with Crippen LogP contribution in [0.3, 0.4) is 0 Å². The molecule has 2 aromatic carbocycles. The summed E-state index contributed by atoms with van der Waals surface area (Å²) in [7, 11) is 1.56. The first-order chi connectivity index (χ1) is 12.7. The number of methoxy groups -OCH3 is 1. The van der Waals surface area contributed by atoms with Crippen molar-refractivity contribution in [2.24, 2.45) is 0 Å². The summed E-state index contributed by atoms with van der Waals surface area (Å²) in [4.78, 5) is 12.2. The van der Waals surface area contributed by atoms with Crippen LogP contribution in [0.2, 0.25) is 5.02 Å². The molecular formula is C21H17ClO4. The Labute approximate surface area is 156 Å². The van der Waals surface area contributed by atoms with E-state index in [0.29, 0.717) is 33.6 Å². The predicted molar refractivity (Wildman–Crippen MR) is 101 cm³/mol. The van der Waals surface area contributed by atoms with Gasteiger partial charge in [-0.25, -0.2) is 0 Å². The fourth-order valence-corrected chi connectivity index (χ4v) is 2.49. The van der Waals surface area contributed by atoms with Gasteiger partial charge in [0.05, 0.1) is 12.1 Å². The first kappa shape index (κ1) is 17.8. The van der Waals surface area contributed by atoms with Crippen LogP contribution in [-0.4, -0.2) is 12.9 Å². The minimum absolute atomic E-state index is 0.130. The van der Waals surface area contributed by atoms with Gasteiger partial charge in [0.15, 0.2) is 5.78 Å². The van der Waals surface area contributed by atoms with Crippen LogP contribution in [-0.2, 0) is 6.61 Å². The van der Waals surface area contributed by atoms with E-state index in [4.69, 9.17) is 25.5 Å². The third-order valence-electron chi connectivity index (χ3n) is 3.64. The number of carbonyl (C=O) groups excluding carboxylic acids is 1. The predicted octanol–water partition coefficient (Wildman–Crippen LogP) is 5.42. The van der Waals surface area contributed by atoms with Gasteiger partial charge in [-0.1, -0.05) is 35.9 Å². The number of hydrogen-bond donors (Lipinski definition) is 0. The summed E-state index contributed by atoms with van der Waals surface area (Å²) in [5.74, 6) is 2.31. The number of halogens is 1. The van der Waals surface area contributed by atoms with Crippen LogP contribution in [0.25, 0.3) is 6.08 Å². The van der Waals surface area contributed by atoms with E-state index < -0.39 is 0 Å². The molecule has 0 N–H and O–H groups in total. The Morgan fingerprint density at radius 1 is 1.12 bits per heavy atom. The molecule has 0 aliphatic heterocycles. The lowest BCUT2D eigenvalue weighted by Gasteiger charge is -2.05. The van der Waals surface area contributed by atoms with Crippen LogP contribution < -0.4 is 9.47 Å². The Bertz CT molecular complexity index is 927. The number of para-hydroxylation sites is 1. The summed E-state index contributed by atoms with van der Waals surface area (Å²) in [6.45, 7) is 0.251. The molecule has 0 radical (unpaired) electrons. The largest absolute Gasteiger partial charge is 0.497 e. The summed E-state index contributed by atoms with van der Waals surface area (Å²) in [5, 5.41) is 0.545. The molecule has 5 heteroatoms. The molecule has 4 nitrogen and oxygen atoms in total. The van der Waals surface area contributed by atoms with Crippen LogP contribution in [0.4, 0.5) is 0 Å². The van der Waals surface area contributed by atoms with Crippen molar-refractivity contribution in [2.45, 2.75) is 6.61 Å². The molecule has 0 saturated heterocycles. The van der Waals surface area contributed by atoms with E-state index in [9.17, 15) is 4.79 Å². The molecule has 0 aliphatic rings. The Hall–Kier alpha value is -2.98. The van der Waals surface area contributed by atoms with Gasteiger partial charge in [0, 0.05) is 5.56 Å². The van der Waals surface area contributed by atoms with Gasteiger partial charge in [-0.2, -0.15) is 0 Å². The van der Waals surface area contributed by atoms with E-state index in [1.165, 1.54) is 6.08 Å². The summed E-state index contributed by atoms with van der Waals surface area (Å²) >= 11 is 6.05. The molecule has 0 fully saturated rings. The minimum atomic E-state index is -0.130. The molecule has 1 aromatic heterocycles. The molecule has 132 valence electrons. The lowest BCUT2D eigenvalue weighted by molar-refractivity contribution is 0.104. The van der Waals surface area contributed by atoms with Crippen LogP contribution >= 0.6 is 11.6 Å². The molecular weight excluding hydrogens is 352 g/mol. The molecule has 0 unspecified atom stereocenters. The molecule has 0 saturated carbocycles. The number of ether oxygens (including phenoxy) is 2. The van der Waals surface area contributed by atoms with Gasteiger partial charge in [-0.15, -0.1) is 0 Å². The van der Waals surface area contributed by atoms with Crippen molar-refractivity contribution in [1.29, 1.82) is 0 Å². The minimum Gasteiger partial charge on any atom is -0.497 e. The van der Waals surface area contributed by atoms with E-state index in [1.807, 2.05) is 12.1 Å². The third-order valence-corrected chi connectivity index (χ3v) is 3.95. The van der Waals surface area contributed by atoms with Gasteiger partial charge < -0.3 is 13.9 Å². The van der Waals surface area contributed by atoms with Crippen LogP contribution in [0.5, 0.6) is 11.5 Å². The van der Waals surface area contributed by atoms with Crippen molar-refractivity contribution in [3.05, 3.63) is 88.8 Å². The zero-order valence-corrected chi connectivity index (χ0v) is 14.9. The zero-order chi connectivity index (χ0) is 18.4. The number of rotatable bonds is 7. The highest BCUT2D eigenvalue weighted by atomic mass is 35.5. The van der Waals surface area contributed by atoms with Crippen molar-refractivity contribution >= 4 is 23.5 Å². The standard InChI is InChI=1S/C21H17ClO4/c1-24-17-6-4-5-15(13-17)20(23)12-11-16-9-10-18(26-16)14-25-21-8-3-2-7-19(21)22/h2-13H,14H2,1H3/b12-11+. The first-order valence-electron chi connectivity index (χ1n) is 7.98. The van der Waals surface area contributed by atoms with Crippen molar-refractivity contribution in [2.75, 3.05) is 7.11 Å². The van der Waals surface area contributed by atoms with Crippen LogP contribution in [0.1, 0.15) is 21.9 Å². The monoisotopic (exact) mass is 368 g/mol. The highest BCUT2D eigenvalue weighted by molar-refractivity contribution is 6.32. The highest BCUT2D eigenvalue weighted by Gasteiger charge is 2.06. The Morgan fingerprint density at radius 3 is 2.77 bits per heavy atom. The molecule has 0 amide bonds. The Kier molecular flexibility index (Phi) is 5.77. The van der Waals surface area contributed by atoms with E-state index >= 15 is 0 Å². The molecule has 3 rings (SSSR count). The maximum absolute atomic E-state index is 12.2. The first-order valence-corrected chi connectivity index (χ1v) is 8.36. The number of allylic oxidation sites excluding steroid dienone is 1. The molecule has 1 heterocycles. The topological polar surface area (TPSA) is 48.7 Å². The SMILES string of the molecule is COc1cccc(C(=O)/C=C/c2ccc(COc3ccccc3Cl)o2)c1. The van der Waals surface area contributed by atoms with Gasteiger partial charge in [0.1, 0.15) is 29.6 Å². The molecule has 0 aliphatic carbocycles. The fraction of sp³-hybridized carbons (Fsp3) is 0.0952. The summed E-state index contributed by atoms with van der Waals surface area (Å²) in [6.07, 6.45) is 3.09. The lowest BCUT2D eigenvalue weighted by atomic mass is 10.1. The molecule has 0 spiro atoms. The summed E-state index contributed by atoms with van der Waals surface area (Å²) in [5.41, 5.74) is 0.550. The van der Waals surface area contributed by atoms with E-state index in [2.05, 4.69) is 0 Å². The van der Waals surface area contributed by atoms with Crippen LogP contribution in [0.15, 0.2) is 71.2 Å². The maximum Gasteiger partial charge on any atom is 0.186 e. The van der Waals surface area contributed by atoms with E-state index in [1.54, 1.807) is 61.7 Å².